The maximum atomic E-state index is 10.2. The molecule has 0 radical (unpaired) electrons. The van der Waals surface area contributed by atoms with Gasteiger partial charge in [-0.15, -0.1) is 0 Å². The molecule has 0 atom stereocenters. The zero-order valence-corrected chi connectivity index (χ0v) is 4.76. The van der Waals surface area contributed by atoms with E-state index in [0.717, 1.165) is 25.7 Å². The highest BCUT2D eigenvalue weighted by molar-refractivity contribution is 5.79. The molecule has 0 N–H and O–H groups in total. The molecule has 0 aliphatic heterocycles. The highest BCUT2D eigenvalue weighted by atomic mass is 16.1. The number of hydrogen-bond donors (Lipinski definition) is 0. The molecule has 1 aliphatic rings. The first kappa shape index (κ1) is 7.16. The lowest BCUT2D eigenvalue weighted by Gasteiger charge is -1.71. The molecular formula is C6H9NO. The van der Waals surface area contributed by atoms with Crippen LogP contribution in [0, 0.1) is 11.8 Å². The van der Waals surface area contributed by atoms with Crippen LogP contribution >= 0.6 is 0 Å². The molecule has 0 aromatic carbocycles. The molecule has 8 heavy (non-hydrogen) atoms. The van der Waals surface area contributed by atoms with Gasteiger partial charge in [0, 0.05) is 19.4 Å². The maximum Gasteiger partial charge on any atom is 0.132 e. The van der Waals surface area contributed by atoms with Crippen LogP contribution in [0.15, 0.2) is 0 Å². The summed E-state index contributed by atoms with van der Waals surface area (Å²) in [4.78, 5) is 10.2. The van der Waals surface area contributed by atoms with Crippen LogP contribution in [0.5, 0.6) is 0 Å². The molecule has 0 aromatic rings. The van der Waals surface area contributed by atoms with E-state index >= 15 is 0 Å². The maximum absolute atomic E-state index is 10.2. The fourth-order valence-corrected chi connectivity index (χ4v) is 0.769. The van der Waals surface area contributed by atoms with Gasteiger partial charge in [-0.05, 0) is 12.8 Å². The van der Waals surface area contributed by atoms with Crippen molar-refractivity contribution in [3.05, 3.63) is 0 Å². The molecule has 2 heteroatoms. The van der Waals surface area contributed by atoms with Crippen molar-refractivity contribution in [2.75, 3.05) is 0 Å². The third kappa shape index (κ3) is 2.35. The topological polar surface area (TPSA) is 40.9 Å². The van der Waals surface area contributed by atoms with Crippen molar-refractivity contribution in [1.29, 1.82) is 5.26 Å². The Hall–Kier alpha value is -0.840. The van der Waals surface area contributed by atoms with Crippen molar-refractivity contribution in [3.63, 3.8) is 0 Å². The lowest BCUT2D eigenvalue weighted by Crippen LogP contribution is -1.81. The van der Waals surface area contributed by atoms with Gasteiger partial charge in [0.2, 0.25) is 0 Å². The van der Waals surface area contributed by atoms with E-state index in [0.29, 0.717) is 5.78 Å². The second kappa shape index (κ2) is 4.32. The highest BCUT2D eigenvalue weighted by Crippen LogP contribution is 2.11. The number of nitriles is 1. The summed E-state index contributed by atoms with van der Waals surface area (Å²) in [5.74, 6) is 0.454. The summed E-state index contributed by atoms with van der Waals surface area (Å²) in [6.45, 7) is 3.50. The van der Waals surface area contributed by atoms with Gasteiger partial charge in [-0.3, -0.25) is 4.79 Å². The molecular weight excluding hydrogens is 102 g/mol. The second-order valence-electron chi connectivity index (χ2n) is 1.75. The molecule has 0 unspecified atom stereocenters. The fraction of sp³-hybridized carbons (Fsp3) is 0.667. The van der Waals surface area contributed by atoms with E-state index in [1.54, 1.807) is 0 Å². The Bertz CT molecular complexity index is 87.9. The highest BCUT2D eigenvalue weighted by Gasteiger charge is 2.07. The Morgan fingerprint density at radius 1 is 1.25 bits per heavy atom. The van der Waals surface area contributed by atoms with Gasteiger partial charge >= 0.3 is 0 Å². The molecule has 0 saturated heterocycles. The quantitative estimate of drug-likeness (QED) is 0.472. The van der Waals surface area contributed by atoms with Crippen LogP contribution in [0.1, 0.15) is 25.7 Å². The summed E-state index contributed by atoms with van der Waals surface area (Å²) >= 11 is 0. The van der Waals surface area contributed by atoms with E-state index in [1.165, 1.54) is 0 Å². The molecule has 0 spiro atoms. The van der Waals surface area contributed by atoms with Gasteiger partial charge in [0.05, 0.1) is 0 Å². The monoisotopic (exact) mass is 111 g/mol. The van der Waals surface area contributed by atoms with Gasteiger partial charge in [-0.2, -0.15) is 0 Å². The summed E-state index contributed by atoms with van der Waals surface area (Å²) in [6, 6.07) is 0. The normalized spacial score (nSPS) is 17.0. The van der Waals surface area contributed by atoms with Crippen molar-refractivity contribution in [1.82, 2.24) is 0 Å². The molecule has 1 fully saturated rings. The summed E-state index contributed by atoms with van der Waals surface area (Å²) in [5.41, 5.74) is 0. The van der Waals surface area contributed by atoms with Crippen LogP contribution in [-0.4, -0.2) is 5.78 Å². The number of Topliss-reactive ketones (excluding diaryl/α,β-unsaturated/α-hetero) is 1. The Morgan fingerprint density at radius 2 is 1.62 bits per heavy atom. The van der Waals surface area contributed by atoms with E-state index in [1.807, 2.05) is 0 Å². The zero-order chi connectivity index (χ0) is 6.41. The molecule has 1 aliphatic carbocycles. The standard InChI is InChI=1S/C5H8O.CHN/c6-5-3-1-2-4-5;1-2/h1-4H2;1H. The first-order chi connectivity index (χ1) is 3.89. The summed E-state index contributed by atoms with van der Waals surface area (Å²) in [7, 11) is 0. The van der Waals surface area contributed by atoms with E-state index in [4.69, 9.17) is 5.26 Å². The SMILES string of the molecule is C#N.O=C1CCCC1. The van der Waals surface area contributed by atoms with Crippen LogP contribution < -0.4 is 0 Å². The molecule has 0 bridgehead atoms. The van der Waals surface area contributed by atoms with Gasteiger partial charge in [0.1, 0.15) is 5.78 Å². The number of rotatable bonds is 0. The van der Waals surface area contributed by atoms with Crippen LogP contribution in [-0.2, 0) is 4.79 Å². The van der Waals surface area contributed by atoms with Crippen molar-refractivity contribution in [2.24, 2.45) is 0 Å². The van der Waals surface area contributed by atoms with Gasteiger partial charge < -0.3 is 0 Å². The molecule has 1 saturated carbocycles. The lowest BCUT2D eigenvalue weighted by atomic mass is 10.4. The van der Waals surface area contributed by atoms with E-state index in [9.17, 15) is 4.79 Å². The van der Waals surface area contributed by atoms with Crippen molar-refractivity contribution >= 4 is 5.78 Å². The average Bonchev–Trinajstić information content (AvgIpc) is 2.24. The average molecular weight is 111 g/mol. The van der Waals surface area contributed by atoms with E-state index < -0.39 is 0 Å². The number of hydrogen-bond acceptors (Lipinski definition) is 2. The zero-order valence-electron chi connectivity index (χ0n) is 4.76. The Balaban J connectivity index is 0.000000222. The van der Waals surface area contributed by atoms with Gasteiger partial charge in [0.15, 0.2) is 0 Å². The largest absolute Gasteiger partial charge is 0.300 e. The molecule has 1 rings (SSSR count). The van der Waals surface area contributed by atoms with E-state index in [2.05, 4.69) is 6.57 Å². The smallest absolute Gasteiger partial charge is 0.132 e. The lowest BCUT2D eigenvalue weighted by molar-refractivity contribution is -0.117. The number of nitrogens with zero attached hydrogens (tertiary/aromatic N) is 1. The van der Waals surface area contributed by atoms with Crippen molar-refractivity contribution < 1.29 is 4.79 Å². The summed E-state index contributed by atoms with van der Waals surface area (Å²) in [6.07, 6.45) is 3.97. The van der Waals surface area contributed by atoms with Crippen molar-refractivity contribution in [3.8, 4) is 6.57 Å². The van der Waals surface area contributed by atoms with Crippen molar-refractivity contribution in [2.45, 2.75) is 25.7 Å². The van der Waals surface area contributed by atoms with Gasteiger partial charge in [-0.25, -0.2) is 5.26 Å². The summed E-state index contributed by atoms with van der Waals surface area (Å²) < 4.78 is 0. The van der Waals surface area contributed by atoms with Crippen LogP contribution in [0.25, 0.3) is 0 Å². The molecule has 2 nitrogen and oxygen atoms in total. The minimum Gasteiger partial charge on any atom is -0.300 e. The van der Waals surface area contributed by atoms with Gasteiger partial charge in [-0.1, -0.05) is 0 Å². The minimum atomic E-state index is 0.454. The number of ketones is 1. The third-order valence-corrected chi connectivity index (χ3v) is 1.16. The molecule has 0 heterocycles. The molecule has 44 valence electrons. The first-order valence-electron chi connectivity index (χ1n) is 2.67. The van der Waals surface area contributed by atoms with E-state index in [-0.39, 0.29) is 0 Å². The Morgan fingerprint density at radius 3 is 1.75 bits per heavy atom. The number of carbonyl (C=O) groups excluding carboxylic acids is 1. The third-order valence-electron chi connectivity index (χ3n) is 1.16. The molecule has 0 amide bonds. The predicted molar refractivity (Wildman–Crippen MR) is 30.1 cm³/mol. The van der Waals surface area contributed by atoms with Gasteiger partial charge in [0.25, 0.3) is 0 Å². The van der Waals surface area contributed by atoms with Crippen LogP contribution in [0.2, 0.25) is 0 Å². The Kier molecular flexibility index (Phi) is 3.87. The second-order valence-corrected chi connectivity index (χ2v) is 1.75. The minimum absolute atomic E-state index is 0.454. The first-order valence-corrected chi connectivity index (χ1v) is 2.67. The predicted octanol–water partition coefficient (Wildman–Crippen LogP) is 1.27. The number of carbonyl (C=O) groups is 1. The molecule has 0 aromatic heterocycles. The van der Waals surface area contributed by atoms with Crippen LogP contribution in [0.3, 0.4) is 0 Å². The van der Waals surface area contributed by atoms with Crippen LogP contribution in [0.4, 0.5) is 0 Å². The summed E-state index contributed by atoms with van der Waals surface area (Å²) in [5, 5.41) is 6.50. The Labute approximate surface area is 49.1 Å². The fourth-order valence-electron chi connectivity index (χ4n) is 0.769.